The Morgan fingerprint density at radius 3 is 2.78 bits per heavy atom. The highest BCUT2D eigenvalue weighted by Crippen LogP contribution is 2.25. The van der Waals surface area contributed by atoms with E-state index in [2.05, 4.69) is 21.2 Å². The third-order valence-corrected chi connectivity index (χ3v) is 5.20. The topological polar surface area (TPSA) is 75.5 Å². The maximum absolute atomic E-state index is 12.5. The molecule has 23 heavy (non-hydrogen) atoms. The highest BCUT2D eigenvalue weighted by Gasteiger charge is 2.31. The normalized spacial score (nSPS) is 23.1. The van der Waals surface area contributed by atoms with Gasteiger partial charge >= 0.3 is 0 Å². The summed E-state index contributed by atoms with van der Waals surface area (Å²) in [6, 6.07) is 5.52. The summed E-state index contributed by atoms with van der Waals surface area (Å²) in [5, 5.41) is 14.3. The molecule has 2 bridgehead atoms. The molecule has 1 aromatic rings. The fourth-order valence-electron chi connectivity index (χ4n) is 3.24. The lowest BCUT2D eigenvalue weighted by Gasteiger charge is -2.24. The van der Waals surface area contributed by atoms with Crippen molar-refractivity contribution in [1.29, 1.82) is 0 Å². The number of carbonyl (C=O) groups is 1. The Labute approximate surface area is 149 Å². The van der Waals surface area contributed by atoms with Crippen LogP contribution in [0.15, 0.2) is 22.7 Å². The van der Waals surface area contributed by atoms with Crippen LogP contribution in [0.2, 0.25) is 0 Å². The molecule has 2 heterocycles. The second-order valence-electron chi connectivity index (χ2n) is 5.98. The van der Waals surface area contributed by atoms with Gasteiger partial charge in [0.1, 0.15) is 0 Å². The SMILES string of the molecule is Cl.O=C(Cc1ccc([N+](=O)[O-])cc1Br)N1CCC2CCC(C1)N2. The molecule has 8 heteroatoms. The number of nitrogens with zero attached hydrogens (tertiary/aromatic N) is 2. The van der Waals surface area contributed by atoms with Gasteiger partial charge in [0.25, 0.3) is 5.69 Å². The summed E-state index contributed by atoms with van der Waals surface area (Å²) in [5.74, 6) is 0.0869. The van der Waals surface area contributed by atoms with Crippen LogP contribution in [0.3, 0.4) is 0 Å². The molecule has 0 saturated carbocycles. The smallest absolute Gasteiger partial charge is 0.270 e. The molecule has 2 unspecified atom stereocenters. The number of benzene rings is 1. The third-order valence-electron chi connectivity index (χ3n) is 4.47. The number of fused-ring (bicyclic) bond motifs is 2. The van der Waals surface area contributed by atoms with Crippen LogP contribution in [0.4, 0.5) is 5.69 Å². The van der Waals surface area contributed by atoms with Crippen molar-refractivity contribution >= 4 is 39.9 Å². The molecule has 2 aliphatic rings. The Hall–Kier alpha value is -1.18. The van der Waals surface area contributed by atoms with Gasteiger partial charge < -0.3 is 10.2 Å². The maximum Gasteiger partial charge on any atom is 0.270 e. The first-order valence-electron chi connectivity index (χ1n) is 7.49. The number of nitro groups is 1. The lowest BCUT2D eigenvalue weighted by Crippen LogP contribution is -2.39. The number of non-ortho nitro benzene ring substituents is 1. The Kier molecular flexibility index (Phi) is 6.00. The van der Waals surface area contributed by atoms with Crippen molar-refractivity contribution in [3.05, 3.63) is 38.3 Å². The van der Waals surface area contributed by atoms with Gasteiger partial charge in [0, 0.05) is 41.8 Å². The van der Waals surface area contributed by atoms with Crippen molar-refractivity contribution in [3.63, 3.8) is 0 Å². The fourth-order valence-corrected chi connectivity index (χ4v) is 3.74. The van der Waals surface area contributed by atoms with Crippen LogP contribution in [-0.4, -0.2) is 40.9 Å². The number of rotatable bonds is 3. The molecule has 6 nitrogen and oxygen atoms in total. The number of carbonyl (C=O) groups excluding carboxylic acids is 1. The molecule has 0 radical (unpaired) electrons. The van der Waals surface area contributed by atoms with Crippen molar-refractivity contribution < 1.29 is 9.72 Å². The number of nitro benzene ring substituents is 1. The molecule has 2 saturated heterocycles. The minimum absolute atomic E-state index is 0. The minimum atomic E-state index is -0.437. The second-order valence-corrected chi connectivity index (χ2v) is 6.83. The van der Waals surface area contributed by atoms with Crippen molar-refractivity contribution in [2.24, 2.45) is 0 Å². The van der Waals surface area contributed by atoms with Gasteiger partial charge in [0.15, 0.2) is 0 Å². The zero-order chi connectivity index (χ0) is 15.7. The standard InChI is InChI=1S/C15H18BrN3O3.ClH/c16-14-8-13(19(21)22)4-1-10(14)7-15(20)18-6-5-11-2-3-12(9-18)17-11;/h1,4,8,11-12,17H,2-3,5-7,9H2;1H. The Morgan fingerprint density at radius 2 is 2.09 bits per heavy atom. The third kappa shape index (κ3) is 4.22. The van der Waals surface area contributed by atoms with Crippen molar-refractivity contribution in [1.82, 2.24) is 10.2 Å². The van der Waals surface area contributed by atoms with E-state index in [1.54, 1.807) is 6.07 Å². The Bertz CT molecular complexity index is 614. The summed E-state index contributed by atoms with van der Waals surface area (Å²) < 4.78 is 0.615. The van der Waals surface area contributed by atoms with Crippen LogP contribution in [0, 0.1) is 10.1 Å². The zero-order valence-corrected chi connectivity index (χ0v) is 14.9. The van der Waals surface area contributed by atoms with E-state index in [-0.39, 0.29) is 30.4 Å². The molecule has 126 valence electrons. The molecule has 1 amide bonds. The molecular weight excluding hydrogens is 386 g/mol. The lowest BCUT2D eigenvalue weighted by molar-refractivity contribution is -0.384. The van der Waals surface area contributed by atoms with E-state index >= 15 is 0 Å². The number of amides is 1. The van der Waals surface area contributed by atoms with Crippen molar-refractivity contribution in [3.8, 4) is 0 Å². The molecule has 1 N–H and O–H groups in total. The van der Waals surface area contributed by atoms with E-state index in [9.17, 15) is 14.9 Å². The van der Waals surface area contributed by atoms with Crippen molar-refractivity contribution in [2.45, 2.75) is 37.8 Å². The number of hydrogen-bond acceptors (Lipinski definition) is 4. The Morgan fingerprint density at radius 1 is 1.35 bits per heavy atom. The second kappa shape index (κ2) is 7.59. The first-order valence-corrected chi connectivity index (χ1v) is 8.29. The molecular formula is C15H19BrClN3O3. The molecule has 0 aliphatic carbocycles. The molecule has 2 atom stereocenters. The van der Waals surface area contributed by atoms with Crippen LogP contribution in [-0.2, 0) is 11.2 Å². The number of hydrogen-bond donors (Lipinski definition) is 1. The van der Waals surface area contributed by atoms with Gasteiger partial charge in [0.05, 0.1) is 11.3 Å². The molecule has 2 aliphatic heterocycles. The highest BCUT2D eigenvalue weighted by molar-refractivity contribution is 9.10. The van der Waals surface area contributed by atoms with E-state index in [1.807, 2.05) is 4.90 Å². The number of likely N-dealkylation sites (tertiary alicyclic amines) is 1. The molecule has 1 aromatic carbocycles. The van der Waals surface area contributed by atoms with Crippen LogP contribution < -0.4 is 5.32 Å². The monoisotopic (exact) mass is 403 g/mol. The van der Waals surface area contributed by atoms with E-state index in [4.69, 9.17) is 0 Å². The average molecular weight is 405 g/mol. The molecule has 2 fully saturated rings. The summed E-state index contributed by atoms with van der Waals surface area (Å²) in [6.07, 6.45) is 3.62. The van der Waals surface area contributed by atoms with E-state index in [1.165, 1.54) is 18.6 Å². The van der Waals surface area contributed by atoms with Crippen LogP contribution in [0.25, 0.3) is 0 Å². The average Bonchev–Trinajstić information content (AvgIpc) is 2.80. The van der Waals surface area contributed by atoms with Crippen LogP contribution in [0.1, 0.15) is 24.8 Å². The summed E-state index contributed by atoms with van der Waals surface area (Å²) in [7, 11) is 0. The van der Waals surface area contributed by atoms with Gasteiger partial charge in [-0.25, -0.2) is 0 Å². The van der Waals surface area contributed by atoms with E-state index in [0.717, 1.165) is 31.5 Å². The summed E-state index contributed by atoms with van der Waals surface area (Å²) >= 11 is 3.33. The van der Waals surface area contributed by atoms with Gasteiger partial charge in [-0.15, -0.1) is 12.4 Å². The predicted octanol–water partition coefficient (Wildman–Crippen LogP) is 2.67. The highest BCUT2D eigenvalue weighted by atomic mass is 79.9. The maximum atomic E-state index is 12.5. The number of nitrogens with one attached hydrogen (secondary N) is 1. The Balaban J connectivity index is 0.00000192. The van der Waals surface area contributed by atoms with Gasteiger partial charge in [-0.05, 0) is 24.8 Å². The molecule has 3 rings (SSSR count). The predicted molar refractivity (Wildman–Crippen MR) is 92.9 cm³/mol. The number of halogens is 2. The zero-order valence-electron chi connectivity index (χ0n) is 12.5. The summed E-state index contributed by atoms with van der Waals surface area (Å²) in [4.78, 5) is 24.7. The van der Waals surface area contributed by atoms with E-state index in [0.29, 0.717) is 16.6 Å². The van der Waals surface area contributed by atoms with Gasteiger partial charge in [0.2, 0.25) is 5.91 Å². The van der Waals surface area contributed by atoms with Crippen LogP contribution in [0.5, 0.6) is 0 Å². The molecule has 0 aromatic heterocycles. The van der Waals surface area contributed by atoms with Gasteiger partial charge in [-0.2, -0.15) is 0 Å². The van der Waals surface area contributed by atoms with E-state index < -0.39 is 4.92 Å². The minimum Gasteiger partial charge on any atom is -0.341 e. The largest absolute Gasteiger partial charge is 0.341 e. The lowest BCUT2D eigenvalue weighted by atomic mass is 10.1. The quantitative estimate of drug-likeness (QED) is 0.621. The van der Waals surface area contributed by atoms with Crippen LogP contribution >= 0.6 is 28.3 Å². The summed E-state index contributed by atoms with van der Waals surface area (Å²) in [6.45, 7) is 1.55. The first kappa shape index (κ1) is 18.2. The van der Waals surface area contributed by atoms with Gasteiger partial charge in [-0.3, -0.25) is 14.9 Å². The first-order chi connectivity index (χ1) is 10.5. The summed E-state index contributed by atoms with van der Waals surface area (Å²) in [5.41, 5.74) is 0.817. The molecule has 0 spiro atoms. The van der Waals surface area contributed by atoms with Gasteiger partial charge in [-0.1, -0.05) is 22.0 Å². The fraction of sp³-hybridized carbons (Fsp3) is 0.533. The van der Waals surface area contributed by atoms with Crippen molar-refractivity contribution in [2.75, 3.05) is 13.1 Å².